The van der Waals surface area contributed by atoms with E-state index in [9.17, 15) is 4.79 Å². The average molecular weight is 223 g/mol. The lowest BCUT2D eigenvalue weighted by atomic mass is 10.1. The third-order valence-corrected chi connectivity index (χ3v) is 3.10. The lowest BCUT2D eigenvalue weighted by molar-refractivity contribution is 0.108. The summed E-state index contributed by atoms with van der Waals surface area (Å²) in [4.78, 5) is 16.8. The maximum Gasteiger partial charge on any atom is 0.290 e. The molecule has 0 aliphatic carbocycles. The lowest BCUT2D eigenvalue weighted by Gasteiger charge is -2.19. The molecule has 0 spiro atoms. The van der Waals surface area contributed by atoms with E-state index in [1.54, 1.807) is 0 Å². The van der Waals surface area contributed by atoms with Crippen LogP contribution in [0.1, 0.15) is 36.8 Å². The molecule has 2 heterocycles. The van der Waals surface area contributed by atoms with Gasteiger partial charge < -0.3 is 9.42 Å². The first-order valence-corrected chi connectivity index (χ1v) is 5.71. The highest BCUT2D eigenvalue weighted by Crippen LogP contribution is 2.21. The Bertz CT molecular complexity index is 362. The third kappa shape index (κ3) is 2.47. The van der Waals surface area contributed by atoms with Gasteiger partial charge in [-0.15, -0.1) is 0 Å². The minimum Gasteiger partial charge on any atom is -0.331 e. The number of carbonyl (C=O) groups excluding carboxylic acids is 1. The van der Waals surface area contributed by atoms with Crippen molar-refractivity contribution in [1.29, 1.82) is 0 Å². The van der Waals surface area contributed by atoms with Crippen molar-refractivity contribution in [3.8, 4) is 0 Å². The quantitative estimate of drug-likeness (QED) is 0.717. The number of carbonyl (C=O) groups is 1. The molecule has 16 heavy (non-hydrogen) atoms. The molecule has 1 saturated heterocycles. The summed E-state index contributed by atoms with van der Waals surface area (Å²) in [5, 5.41) is 3.78. The molecule has 5 nitrogen and oxygen atoms in total. The van der Waals surface area contributed by atoms with Crippen molar-refractivity contribution in [1.82, 2.24) is 15.0 Å². The number of aromatic nitrogens is 2. The van der Waals surface area contributed by atoms with Crippen LogP contribution in [0.4, 0.5) is 0 Å². The smallest absolute Gasteiger partial charge is 0.290 e. The van der Waals surface area contributed by atoms with E-state index in [-0.39, 0.29) is 5.89 Å². The Kier molecular flexibility index (Phi) is 3.33. The molecule has 88 valence electrons. The summed E-state index contributed by atoms with van der Waals surface area (Å²) >= 11 is 0. The van der Waals surface area contributed by atoms with Gasteiger partial charge in [-0.3, -0.25) is 4.79 Å². The molecule has 1 aromatic rings. The molecule has 0 aromatic carbocycles. The molecule has 1 aliphatic heterocycles. The standard InChI is InChI=1S/C11H17N3O2/c1-8(2)14-4-3-9(6-14)5-10-12-11(7-15)16-13-10/h7-9H,3-6H2,1-2H3. The average Bonchev–Trinajstić information content (AvgIpc) is 2.87. The number of aldehydes is 1. The normalized spacial score (nSPS) is 21.8. The van der Waals surface area contributed by atoms with Crippen molar-refractivity contribution in [3.63, 3.8) is 0 Å². The second-order valence-corrected chi connectivity index (χ2v) is 4.61. The van der Waals surface area contributed by atoms with Crippen LogP contribution >= 0.6 is 0 Å². The summed E-state index contributed by atoms with van der Waals surface area (Å²) in [5.41, 5.74) is 0. The fourth-order valence-corrected chi connectivity index (χ4v) is 2.15. The van der Waals surface area contributed by atoms with E-state index in [0.717, 1.165) is 19.5 Å². The van der Waals surface area contributed by atoms with Crippen LogP contribution in [-0.4, -0.2) is 40.5 Å². The van der Waals surface area contributed by atoms with Gasteiger partial charge in [0.25, 0.3) is 5.89 Å². The van der Waals surface area contributed by atoms with E-state index in [0.29, 0.717) is 24.1 Å². The molecular weight excluding hydrogens is 206 g/mol. The highest BCUT2D eigenvalue weighted by molar-refractivity contribution is 5.66. The second-order valence-electron chi connectivity index (χ2n) is 4.61. The van der Waals surface area contributed by atoms with Crippen molar-refractivity contribution in [3.05, 3.63) is 11.7 Å². The van der Waals surface area contributed by atoms with E-state index >= 15 is 0 Å². The minimum atomic E-state index is 0.0775. The predicted octanol–water partition coefficient (Wildman–Crippen LogP) is 1.15. The van der Waals surface area contributed by atoms with Gasteiger partial charge in [0.05, 0.1) is 0 Å². The van der Waals surface area contributed by atoms with Crippen LogP contribution in [0.5, 0.6) is 0 Å². The molecule has 0 saturated carbocycles. The molecule has 0 N–H and O–H groups in total. The Morgan fingerprint density at radius 2 is 2.44 bits per heavy atom. The van der Waals surface area contributed by atoms with Crippen LogP contribution < -0.4 is 0 Å². The Morgan fingerprint density at radius 1 is 1.62 bits per heavy atom. The van der Waals surface area contributed by atoms with E-state index in [4.69, 9.17) is 4.52 Å². The summed E-state index contributed by atoms with van der Waals surface area (Å²) < 4.78 is 4.76. The zero-order valence-electron chi connectivity index (χ0n) is 9.72. The molecule has 2 rings (SSSR count). The SMILES string of the molecule is CC(C)N1CCC(Cc2noc(C=O)n2)C1. The van der Waals surface area contributed by atoms with E-state index in [1.807, 2.05) is 0 Å². The Hall–Kier alpha value is -1.23. The zero-order chi connectivity index (χ0) is 11.5. The van der Waals surface area contributed by atoms with Crippen molar-refractivity contribution in [2.45, 2.75) is 32.7 Å². The van der Waals surface area contributed by atoms with E-state index in [2.05, 4.69) is 28.9 Å². The fraction of sp³-hybridized carbons (Fsp3) is 0.727. The number of likely N-dealkylation sites (tertiary alicyclic amines) is 1. The minimum absolute atomic E-state index is 0.0775. The highest BCUT2D eigenvalue weighted by Gasteiger charge is 2.25. The fourth-order valence-electron chi connectivity index (χ4n) is 2.15. The van der Waals surface area contributed by atoms with Gasteiger partial charge in [-0.1, -0.05) is 5.16 Å². The molecule has 1 unspecified atom stereocenters. The first-order chi connectivity index (χ1) is 7.69. The van der Waals surface area contributed by atoms with Gasteiger partial charge in [0.2, 0.25) is 6.29 Å². The maximum absolute atomic E-state index is 10.4. The van der Waals surface area contributed by atoms with Crippen LogP contribution in [0.15, 0.2) is 4.52 Å². The van der Waals surface area contributed by atoms with Crippen molar-refractivity contribution < 1.29 is 9.32 Å². The van der Waals surface area contributed by atoms with Gasteiger partial charge in [-0.25, -0.2) is 0 Å². The predicted molar refractivity (Wildman–Crippen MR) is 58.2 cm³/mol. The molecule has 0 radical (unpaired) electrons. The number of rotatable bonds is 4. The molecule has 0 amide bonds. The molecular formula is C11H17N3O2. The number of hydrogen-bond donors (Lipinski definition) is 0. The molecule has 1 fully saturated rings. The zero-order valence-corrected chi connectivity index (χ0v) is 9.72. The Morgan fingerprint density at radius 3 is 3.00 bits per heavy atom. The van der Waals surface area contributed by atoms with Crippen LogP contribution in [0.2, 0.25) is 0 Å². The lowest BCUT2D eigenvalue weighted by Crippen LogP contribution is -2.28. The molecule has 5 heteroatoms. The summed E-state index contributed by atoms with van der Waals surface area (Å²) in [7, 11) is 0. The third-order valence-electron chi connectivity index (χ3n) is 3.10. The van der Waals surface area contributed by atoms with Gasteiger partial charge in [0, 0.05) is 19.0 Å². The van der Waals surface area contributed by atoms with Crippen molar-refractivity contribution in [2.24, 2.45) is 5.92 Å². The van der Waals surface area contributed by atoms with Gasteiger partial charge >= 0.3 is 0 Å². The van der Waals surface area contributed by atoms with Gasteiger partial charge in [0.1, 0.15) is 0 Å². The molecule has 1 aliphatic rings. The topological polar surface area (TPSA) is 59.2 Å². The Balaban J connectivity index is 1.89. The highest BCUT2D eigenvalue weighted by atomic mass is 16.5. The van der Waals surface area contributed by atoms with Crippen molar-refractivity contribution >= 4 is 6.29 Å². The summed E-state index contributed by atoms with van der Waals surface area (Å²) in [6.45, 7) is 6.64. The van der Waals surface area contributed by atoms with Crippen LogP contribution in [0, 0.1) is 5.92 Å². The molecule has 1 aromatic heterocycles. The number of nitrogens with zero attached hydrogens (tertiary/aromatic N) is 3. The van der Waals surface area contributed by atoms with Crippen LogP contribution in [0.25, 0.3) is 0 Å². The van der Waals surface area contributed by atoms with E-state index in [1.165, 1.54) is 6.42 Å². The maximum atomic E-state index is 10.4. The molecule has 1 atom stereocenters. The second kappa shape index (κ2) is 4.74. The molecule has 0 bridgehead atoms. The van der Waals surface area contributed by atoms with Crippen LogP contribution in [0.3, 0.4) is 0 Å². The van der Waals surface area contributed by atoms with Crippen LogP contribution in [-0.2, 0) is 6.42 Å². The van der Waals surface area contributed by atoms with Gasteiger partial charge in [0.15, 0.2) is 5.82 Å². The van der Waals surface area contributed by atoms with Gasteiger partial charge in [-0.05, 0) is 32.7 Å². The summed E-state index contributed by atoms with van der Waals surface area (Å²) in [6, 6.07) is 0.598. The largest absolute Gasteiger partial charge is 0.331 e. The van der Waals surface area contributed by atoms with E-state index < -0.39 is 0 Å². The summed E-state index contributed by atoms with van der Waals surface area (Å²) in [6.07, 6.45) is 2.56. The monoisotopic (exact) mass is 223 g/mol. The van der Waals surface area contributed by atoms with Crippen molar-refractivity contribution in [2.75, 3.05) is 13.1 Å². The summed E-state index contributed by atoms with van der Waals surface area (Å²) in [5.74, 6) is 1.31. The Labute approximate surface area is 94.8 Å². The first-order valence-electron chi connectivity index (χ1n) is 5.71. The number of hydrogen-bond acceptors (Lipinski definition) is 5. The first kappa shape index (κ1) is 11.3. The van der Waals surface area contributed by atoms with Gasteiger partial charge in [-0.2, -0.15) is 4.98 Å².